The first kappa shape index (κ1) is 14.2. The van der Waals surface area contributed by atoms with Crippen LogP contribution in [-0.4, -0.2) is 16.1 Å². The minimum atomic E-state index is 0.415. The second-order valence-corrected chi connectivity index (χ2v) is 5.64. The van der Waals surface area contributed by atoms with Gasteiger partial charge in [0.25, 0.3) is 0 Å². The summed E-state index contributed by atoms with van der Waals surface area (Å²) in [6.45, 7) is 5.32. The maximum Gasteiger partial charge on any atom is 0.118 e. The summed E-state index contributed by atoms with van der Waals surface area (Å²) in [4.78, 5) is 5.62. The van der Waals surface area contributed by atoms with Crippen molar-refractivity contribution in [3.63, 3.8) is 0 Å². The van der Waals surface area contributed by atoms with Gasteiger partial charge in [0.05, 0.1) is 5.75 Å². The molecule has 0 saturated carbocycles. The van der Waals surface area contributed by atoms with Gasteiger partial charge >= 0.3 is 0 Å². The molecule has 0 radical (unpaired) electrons. The molecule has 0 aliphatic rings. The Morgan fingerprint density at radius 2 is 2.05 bits per heavy atom. The predicted octanol–water partition coefficient (Wildman–Crippen LogP) is 3.38. The Hall–Kier alpha value is -1.26. The van der Waals surface area contributed by atoms with Crippen LogP contribution in [0.4, 0.5) is 0 Å². The summed E-state index contributed by atoms with van der Waals surface area (Å²) < 4.78 is 2.06. The lowest BCUT2D eigenvalue weighted by atomic mass is 10.1. The molecule has 0 bridgehead atoms. The van der Waals surface area contributed by atoms with Crippen LogP contribution in [0.3, 0.4) is 0 Å². The molecular formula is C15H21N3S. The molecule has 19 heavy (non-hydrogen) atoms. The molecule has 4 heteroatoms. The van der Waals surface area contributed by atoms with Crippen LogP contribution in [0.25, 0.3) is 0 Å². The summed E-state index contributed by atoms with van der Waals surface area (Å²) in [5, 5.41) is 3.42. The summed E-state index contributed by atoms with van der Waals surface area (Å²) in [7, 11) is 2.03. The third-order valence-electron chi connectivity index (χ3n) is 3.18. The quantitative estimate of drug-likeness (QED) is 0.820. The average molecular weight is 275 g/mol. The van der Waals surface area contributed by atoms with Gasteiger partial charge in [0.15, 0.2) is 0 Å². The van der Waals surface area contributed by atoms with E-state index >= 15 is 0 Å². The third-order valence-corrected chi connectivity index (χ3v) is 4.19. The van der Waals surface area contributed by atoms with Gasteiger partial charge in [-0.15, -0.1) is 11.8 Å². The zero-order chi connectivity index (χ0) is 13.7. The number of benzene rings is 1. The molecule has 0 aliphatic heterocycles. The van der Waals surface area contributed by atoms with E-state index in [0.717, 1.165) is 18.1 Å². The van der Waals surface area contributed by atoms with E-state index in [1.807, 2.05) is 31.2 Å². The SMILES string of the molecule is CCNC(C)c1ccc(SCc2nccn2C)cc1. The summed E-state index contributed by atoms with van der Waals surface area (Å²) in [6.07, 6.45) is 3.83. The second-order valence-electron chi connectivity index (χ2n) is 4.59. The Kier molecular flexibility index (Phi) is 5.05. The highest BCUT2D eigenvalue weighted by molar-refractivity contribution is 7.98. The second kappa shape index (κ2) is 6.78. The van der Waals surface area contributed by atoms with Crippen molar-refractivity contribution in [3.8, 4) is 0 Å². The first-order valence-electron chi connectivity index (χ1n) is 6.63. The number of nitrogens with zero attached hydrogens (tertiary/aromatic N) is 2. The lowest BCUT2D eigenvalue weighted by molar-refractivity contribution is 0.598. The van der Waals surface area contributed by atoms with Crippen molar-refractivity contribution >= 4 is 11.8 Å². The third kappa shape index (κ3) is 3.85. The van der Waals surface area contributed by atoms with Crippen molar-refractivity contribution in [1.29, 1.82) is 0 Å². The normalized spacial score (nSPS) is 12.6. The number of nitrogens with one attached hydrogen (secondary N) is 1. The van der Waals surface area contributed by atoms with E-state index in [2.05, 4.69) is 53.0 Å². The predicted molar refractivity (Wildman–Crippen MR) is 81.3 cm³/mol. The Morgan fingerprint density at radius 1 is 1.32 bits per heavy atom. The van der Waals surface area contributed by atoms with Crippen LogP contribution < -0.4 is 5.32 Å². The number of hydrogen-bond acceptors (Lipinski definition) is 3. The van der Waals surface area contributed by atoms with Gasteiger partial charge in [0.2, 0.25) is 0 Å². The Labute approximate surface area is 119 Å². The van der Waals surface area contributed by atoms with Gasteiger partial charge < -0.3 is 9.88 Å². The van der Waals surface area contributed by atoms with Gasteiger partial charge in [0.1, 0.15) is 5.82 Å². The Morgan fingerprint density at radius 3 is 2.63 bits per heavy atom. The standard InChI is InChI=1S/C15H21N3S/c1-4-16-12(2)13-5-7-14(8-6-13)19-11-15-17-9-10-18(15)3/h5-10,12,16H,4,11H2,1-3H3. The van der Waals surface area contributed by atoms with Crippen LogP contribution in [-0.2, 0) is 12.8 Å². The van der Waals surface area contributed by atoms with E-state index in [9.17, 15) is 0 Å². The summed E-state index contributed by atoms with van der Waals surface area (Å²) >= 11 is 1.82. The molecule has 1 atom stereocenters. The fraction of sp³-hybridized carbons (Fsp3) is 0.400. The topological polar surface area (TPSA) is 29.9 Å². The molecule has 1 unspecified atom stereocenters. The van der Waals surface area contributed by atoms with Crippen LogP contribution in [0, 0.1) is 0 Å². The van der Waals surface area contributed by atoms with E-state index in [1.54, 1.807) is 0 Å². The lowest BCUT2D eigenvalue weighted by Crippen LogP contribution is -2.17. The maximum atomic E-state index is 4.33. The van der Waals surface area contributed by atoms with Gasteiger partial charge in [-0.1, -0.05) is 19.1 Å². The average Bonchev–Trinajstić information content (AvgIpc) is 2.83. The molecule has 1 heterocycles. The number of imidazole rings is 1. The molecule has 2 rings (SSSR count). The van der Waals surface area contributed by atoms with Gasteiger partial charge in [-0.05, 0) is 31.2 Å². The van der Waals surface area contributed by atoms with Crippen molar-refractivity contribution in [3.05, 3.63) is 48.0 Å². The summed E-state index contributed by atoms with van der Waals surface area (Å²) in [6, 6.07) is 9.20. The van der Waals surface area contributed by atoms with E-state index in [1.165, 1.54) is 10.5 Å². The zero-order valence-electron chi connectivity index (χ0n) is 11.8. The fourth-order valence-electron chi connectivity index (χ4n) is 1.96. The summed E-state index contributed by atoms with van der Waals surface area (Å²) in [5.74, 6) is 2.01. The van der Waals surface area contributed by atoms with Crippen molar-refractivity contribution in [1.82, 2.24) is 14.9 Å². The van der Waals surface area contributed by atoms with Crippen LogP contribution in [0.15, 0.2) is 41.6 Å². The molecule has 2 aromatic rings. The van der Waals surface area contributed by atoms with Crippen molar-refractivity contribution in [2.45, 2.75) is 30.5 Å². The molecule has 0 amide bonds. The van der Waals surface area contributed by atoms with Gasteiger partial charge in [-0.3, -0.25) is 0 Å². The van der Waals surface area contributed by atoms with E-state index in [0.29, 0.717) is 6.04 Å². The minimum Gasteiger partial charge on any atom is -0.337 e. The molecule has 102 valence electrons. The molecule has 0 aliphatic carbocycles. The van der Waals surface area contributed by atoms with Crippen molar-refractivity contribution in [2.75, 3.05) is 6.54 Å². The van der Waals surface area contributed by atoms with Gasteiger partial charge in [-0.2, -0.15) is 0 Å². The van der Waals surface area contributed by atoms with Crippen LogP contribution >= 0.6 is 11.8 Å². The zero-order valence-corrected chi connectivity index (χ0v) is 12.6. The Bertz CT molecular complexity index is 504. The first-order valence-corrected chi connectivity index (χ1v) is 7.61. The smallest absolute Gasteiger partial charge is 0.118 e. The number of thioether (sulfide) groups is 1. The molecule has 3 nitrogen and oxygen atoms in total. The number of rotatable bonds is 6. The van der Waals surface area contributed by atoms with E-state index < -0.39 is 0 Å². The molecule has 1 N–H and O–H groups in total. The maximum absolute atomic E-state index is 4.33. The first-order chi connectivity index (χ1) is 9.20. The molecule has 1 aromatic carbocycles. The molecule has 0 fully saturated rings. The van der Waals surface area contributed by atoms with Gasteiger partial charge in [-0.25, -0.2) is 4.98 Å². The molecule has 1 aromatic heterocycles. The Balaban J connectivity index is 1.93. The summed E-state index contributed by atoms with van der Waals surface area (Å²) in [5.41, 5.74) is 1.34. The lowest BCUT2D eigenvalue weighted by Gasteiger charge is -2.13. The number of hydrogen-bond donors (Lipinski definition) is 1. The van der Waals surface area contributed by atoms with Crippen LogP contribution in [0.2, 0.25) is 0 Å². The van der Waals surface area contributed by atoms with Gasteiger partial charge in [0, 0.05) is 30.4 Å². The van der Waals surface area contributed by atoms with E-state index in [-0.39, 0.29) is 0 Å². The molecule has 0 spiro atoms. The molecular weight excluding hydrogens is 254 g/mol. The number of aryl methyl sites for hydroxylation is 1. The largest absolute Gasteiger partial charge is 0.337 e. The highest BCUT2D eigenvalue weighted by Gasteiger charge is 2.04. The minimum absolute atomic E-state index is 0.415. The molecule has 0 saturated heterocycles. The van der Waals surface area contributed by atoms with E-state index in [4.69, 9.17) is 0 Å². The van der Waals surface area contributed by atoms with Crippen molar-refractivity contribution < 1.29 is 0 Å². The van der Waals surface area contributed by atoms with Crippen LogP contribution in [0.5, 0.6) is 0 Å². The monoisotopic (exact) mass is 275 g/mol. The van der Waals surface area contributed by atoms with Crippen molar-refractivity contribution in [2.24, 2.45) is 7.05 Å². The highest BCUT2D eigenvalue weighted by atomic mass is 32.2. The number of aromatic nitrogens is 2. The fourth-order valence-corrected chi connectivity index (χ4v) is 2.86. The van der Waals surface area contributed by atoms with Crippen LogP contribution in [0.1, 0.15) is 31.3 Å². The highest BCUT2D eigenvalue weighted by Crippen LogP contribution is 2.23.